The van der Waals surface area contributed by atoms with Crippen molar-refractivity contribution in [1.82, 2.24) is 19.9 Å². The fourth-order valence-corrected chi connectivity index (χ4v) is 4.92. The number of furan rings is 1. The van der Waals surface area contributed by atoms with Crippen molar-refractivity contribution in [3.63, 3.8) is 0 Å². The Morgan fingerprint density at radius 3 is 2.62 bits per heavy atom. The molecule has 4 heterocycles. The molecule has 0 saturated carbocycles. The predicted octanol–water partition coefficient (Wildman–Crippen LogP) is 2.72. The highest BCUT2D eigenvalue weighted by atomic mass is 16.3. The van der Waals surface area contributed by atoms with Gasteiger partial charge in [0, 0.05) is 38.4 Å². The lowest BCUT2D eigenvalue weighted by Crippen LogP contribution is -2.47. The molecule has 1 saturated heterocycles. The largest absolute Gasteiger partial charge is 0.432 e. The number of anilines is 1. The first-order valence-electron chi connectivity index (χ1n) is 11.0. The van der Waals surface area contributed by atoms with Gasteiger partial charge in [0.2, 0.25) is 5.71 Å². The van der Waals surface area contributed by atoms with Crippen molar-refractivity contribution >= 4 is 28.0 Å². The second-order valence-corrected chi connectivity index (χ2v) is 8.18. The lowest BCUT2D eigenvalue weighted by Gasteiger charge is -2.34. The average molecular weight is 396 g/mol. The van der Waals surface area contributed by atoms with Crippen molar-refractivity contribution in [1.29, 1.82) is 0 Å². The van der Waals surface area contributed by atoms with Crippen molar-refractivity contribution in [2.24, 2.45) is 0 Å². The Bertz CT molecular complexity index is 1020. The molecule has 0 radical (unpaired) electrons. The number of aryl methyl sites for hydroxylation is 2. The number of aliphatic hydroxyl groups excluding tert-OH is 1. The van der Waals surface area contributed by atoms with Crippen LogP contribution in [-0.2, 0) is 19.3 Å². The normalized spacial score (nSPS) is 17.9. The molecule has 29 heavy (non-hydrogen) atoms. The van der Waals surface area contributed by atoms with Crippen LogP contribution in [0.4, 0.5) is 5.82 Å². The maximum atomic E-state index is 9.18. The van der Waals surface area contributed by atoms with Crippen LogP contribution in [0, 0.1) is 0 Å². The van der Waals surface area contributed by atoms with E-state index in [1.807, 2.05) is 0 Å². The van der Waals surface area contributed by atoms with Crippen LogP contribution in [-0.4, -0.2) is 64.3 Å². The van der Waals surface area contributed by atoms with Crippen molar-refractivity contribution < 1.29 is 9.52 Å². The molecule has 1 fully saturated rings. The van der Waals surface area contributed by atoms with E-state index in [2.05, 4.69) is 26.7 Å². The lowest BCUT2D eigenvalue weighted by molar-refractivity contribution is 0.188. The van der Waals surface area contributed by atoms with Gasteiger partial charge in [0.1, 0.15) is 11.8 Å². The zero-order chi connectivity index (χ0) is 19.8. The van der Waals surface area contributed by atoms with Gasteiger partial charge in [-0.05, 0) is 43.2 Å². The van der Waals surface area contributed by atoms with Gasteiger partial charge in [0.05, 0.1) is 12.0 Å². The number of pyridine rings is 1. The van der Waals surface area contributed by atoms with E-state index >= 15 is 0 Å². The third kappa shape index (κ3) is 3.26. The van der Waals surface area contributed by atoms with Crippen molar-refractivity contribution in [2.45, 2.75) is 45.4 Å². The lowest BCUT2D eigenvalue weighted by atomic mass is 9.88. The molecule has 1 aliphatic carbocycles. The predicted molar refractivity (Wildman–Crippen MR) is 113 cm³/mol. The van der Waals surface area contributed by atoms with Crippen LogP contribution in [0.3, 0.4) is 0 Å². The molecule has 1 aliphatic heterocycles. The first kappa shape index (κ1) is 18.8. The topological polar surface area (TPSA) is 78.5 Å². The average Bonchev–Trinajstić information content (AvgIpc) is 3.13. The van der Waals surface area contributed by atoms with Gasteiger partial charge in [-0.1, -0.05) is 13.3 Å². The summed E-state index contributed by atoms with van der Waals surface area (Å²) in [6.07, 6.45) is 8.42. The molecule has 5 rings (SSSR count). The van der Waals surface area contributed by atoms with Gasteiger partial charge in [0.25, 0.3) is 0 Å². The van der Waals surface area contributed by atoms with Gasteiger partial charge in [-0.25, -0.2) is 15.0 Å². The minimum absolute atomic E-state index is 0.207. The molecule has 0 bridgehead atoms. The Morgan fingerprint density at radius 2 is 1.86 bits per heavy atom. The van der Waals surface area contributed by atoms with Crippen molar-refractivity contribution in [3.8, 4) is 0 Å². The molecule has 7 nitrogen and oxygen atoms in total. The van der Waals surface area contributed by atoms with E-state index in [1.165, 1.54) is 29.7 Å². The van der Waals surface area contributed by atoms with Crippen LogP contribution >= 0.6 is 0 Å². The number of nitrogens with zero attached hydrogens (tertiary/aromatic N) is 5. The number of hydrogen-bond acceptors (Lipinski definition) is 7. The van der Waals surface area contributed by atoms with E-state index in [0.717, 1.165) is 86.4 Å². The van der Waals surface area contributed by atoms with E-state index in [9.17, 15) is 5.11 Å². The Kier molecular flexibility index (Phi) is 5.09. The minimum Gasteiger partial charge on any atom is -0.432 e. The monoisotopic (exact) mass is 395 g/mol. The number of fused-ring (bicyclic) bond motifs is 5. The molecule has 0 aromatic carbocycles. The van der Waals surface area contributed by atoms with E-state index < -0.39 is 0 Å². The van der Waals surface area contributed by atoms with Crippen LogP contribution in [0.25, 0.3) is 22.2 Å². The highest BCUT2D eigenvalue weighted by Crippen LogP contribution is 2.38. The molecule has 0 atom stereocenters. The second-order valence-electron chi connectivity index (χ2n) is 8.18. The summed E-state index contributed by atoms with van der Waals surface area (Å²) < 4.78 is 6.33. The van der Waals surface area contributed by atoms with Crippen LogP contribution in [0.1, 0.15) is 43.0 Å². The zero-order valence-corrected chi connectivity index (χ0v) is 17.2. The summed E-state index contributed by atoms with van der Waals surface area (Å²) in [5.41, 5.74) is 6.46. The van der Waals surface area contributed by atoms with Gasteiger partial charge in [-0.15, -0.1) is 0 Å². The summed E-state index contributed by atoms with van der Waals surface area (Å²) in [6.45, 7) is 6.72. The summed E-state index contributed by atoms with van der Waals surface area (Å²) in [5.74, 6) is 0.873. The number of aliphatic hydroxyl groups is 1. The first-order chi connectivity index (χ1) is 14.3. The highest BCUT2D eigenvalue weighted by molar-refractivity contribution is 6.06. The summed E-state index contributed by atoms with van der Waals surface area (Å²) >= 11 is 0. The second kappa shape index (κ2) is 7.88. The third-order valence-electron chi connectivity index (χ3n) is 6.36. The van der Waals surface area contributed by atoms with E-state index in [0.29, 0.717) is 0 Å². The Labute approximate surface area is 170 Å². The fraction of sp³-hybridized carbons (Fsp3) is 0.591. The molecule has 0 amide bonds. The number of rotatable bonds is 5. The SMILES string of the molecule is CCCc1nc2oc3c(N4CCN(CCO)CC4)ncnc3c2c2c1CCCC2. The van der Waals surface area contributed by atoms with Gasteiger partial charge >= 0.3 is 0 Å². The summed E-state index contributed by atoms with van der Waals surface area (Å²) in [7, 11) is 0. The standard InChI is InChI=1S/C22H29N5O2/c1-2-5-17-15-6-3-4-7-16(15)18-19-20(29-22(18)25-17)21(24-14-23-19)27-10-8-26(9-11-27)12-13-28/h14,28H,2-13H2,1H3. The first-order valence-corrected chi connectivity index (χ1v) is 11.0. The summed E-state index contributed by atoms with van der Waals surface area (Å²) in [6, 6.07) is 0. The Hall–Kier alpha value is -2.25. The summed E-state index contributed by atoms with van der Waals surface area (Å²) in [5, 5.41) is 10.3. The van der Waals surface area contributed by atoms with Crippen molar-refractivity contribution in [3.05, 3.63) is 23.1 Å². The van der Waals surface area contributed by atoms with Gasteiger partial charge in [0.15, 0.2) is 11.4 Å². The minimum atomic E-state index is 0.207. The molecule has 3 aromatic heterocycles. The zero-order valence-electron chi connectivity index (χ0n) is 17.2. The molecular weight excluding hydrogens is 366 g/mol. The molecular formula is C22H29N5O2. The number of aromatic nitrogens is 3. The molecule has 7 heteroatoms. The molecule has 3 aromatic rings. The number of piperazine rings is 1. The molecule has 154 valence electrons. The van der Waals surface area contributed by atoms with E-state index in [1.54, 1.807) is 6.33 Å². The maximum Gasteiger partial charge on any atom is 0.229 e. The fourth-order valence-electron chi connectivity index (χ4n) is 4.92. The highest BCUT2D eigenvalue weighted by Gasteiger charge is 2.26. The Morgan fingerprint density at radius 1 is 1.07 bits per heavy atom. The Balaban J connectivity index is 1.61. The number of hydrogen-bond donors (Lipinski definition) is 1. The van der Waals surface area contributed by atoms with Crippen LogP contribution < -0.4 is 4.90 Å². The van der Waals surface area contributed by atoms with Gasteiger partial charge in [-0.2, -0.15) is 0 Å². The molecule has 0 spiro atoms. The van der Waals surface area contributed by atoms with E-state index in [-0.39, 0.29) is 6.61 Å². The molecule has 2 aliphatic rings. The third-order valence-corrected chi connectivity index (χ3v) is 6.36. The van der Waals surface area contributed by atoms with Crippen molar-refractivity contribution in [2.75, 3.05) is 44.2 Å². The van der Waals surface area contributed by atoms with Crippen LogP contribution in [0.15, 0.2) is 10.7 Å². The van der Waals surface area contributed by atoms with Crippen LogP contribution in [0.2, 0.25) is 0 Å². The quantitative estimate of drug-likeness (QED) is 0.712. The molecule has 1 N–H and O–H groups in total. The maximum absolute atomic E-state index is 9.18. The summed E-state index contributed by atoms with van der Waals surface area (Å²) in [4.78, 5) is 18.7. The van der Waals surface area contributed by atoms with Gasteiger partial charge < -0.3 is 14.4 Å². The molecule has 0 unspecified atom stereocenters. The smallest absolute Gasteiger partial charge is 0.229 e. The van der Waals surface area contributed by atoms with Crippen LogP contribution in [0.5, 0.6) is 0 Å². The van der Waals surface area contributed by atoms with Gasteiger partial charge in [-0.3, -0.25) is 4.90 Å². The van der Waals surface area contributed by atoms with E-state index in [4.69, 9.17) is 9.40 Å². The number of β-amino-alcohol motifs (C(OH)–C–C–N with tert-alkyl or cyclic N) is 1.